The molecule has 120 valence electrons. The second-order valence-electron chi connectivity index (χ2n) is 5.64. The summed E-state index contributed by atoms with van der Waals surface area (Å²) in [7, 11) is 0. The van der Waals surface area contributed by atoms with Gasteiger partial charge in [0.05, 0.1) is 12.6 Å². The van der Waals surface area contributed by atoms with Gasteiger partial charge in [0.15, 0.2) is 0 Å². The van der Waals surface area contributed by atoms with Crippen LogP contribution in [0.1, 0.15) is 27.7 Å². The number of nitrogens with one attached hydrogen (secondary N) is 1. The van der Waals surface area contributed by atoms with E-state index in [0.717, 1.165) is 5.06 Å². The Morgan fingerprint density at radius 2 is 2.00 bits per heavy atom. The third kappa shape index (κ3) is 4.30. The molecule has 9 nitrogen and oxygen atoms in total. The number of alkyl carbamates (subject to hydrolysis) is 1. The van der Waals surface area contributed by atoms with Crippen LogP contribution in [0.3, 0.4) is 0 Å². The van der Waals surface area contributed by atoms with Crippen LogP contribution in [0.5, 0.6) is 0 Å². The Hall–Kier alpha value is -1.87. The number of carboxylic acid groups (broad SMARTS) is 1. The average Bonchev–Trinajstić information content (AvgIpc) is 2.34. The molecular weight excluding hydrogens is 284 g/mol. The van der Waals surface area contributed by atoms with E-state index >= 15 is 0 Å². The minimum Gasteiger partial charge on any atom is -0.479 e. The minimum absolute atomic E-state index is 0.571. The van der Waals surface area contributed by atoms with Crippen molar-refractivity contribution in [3.05, 3.63) is 0 Å². The van der Waals surface area contributed by atoms with Crippen molar-refractivity contribution in [2.24, 2.45) is 0 Å². The van der Waals surface area contributed by atoms with Crippen LogP contribution in [-0.4, -0.2) is 63.6 Å². The summed E-state index contributed by atoms with van der Waals surface area (Å²) in [5, 5.41) is 20.8. The number of amides is 2. The predicted molar refractivity (Wildman–Crippen MR) is 69.1 cm³/mol. The molecule has 0 saturated carbocycles. The van der Waals surface area contributed by atoms with Gasteiger partial charge in [-0.1, -0.05) is 0 Å². The van der Waals surface area contributed by atoms with E-state index in [-0.39, 0.29) is 0 Å². The molecule has 3 unspecified atom stereocenters. The number of aliphatic hydroxyl groups excluding tert-OH is 1. The van der Waals surface area contributed by atoms with Gasteiger partial charge in [0, 0.05) is 0 Å². The highest BCUT2D eigenvalue weighted by Gasteiger charge is 2.48. The molecule has 9 heteroatoms. The SMILES string of the molecule is CC1C(NC(=O)OC(C)(C)C)C(=O)N1OC(CO)C(=O)O. The zero-order chi connectivity index (χ0) is 16.4. The lowest BCUT2D eigenvalue weighted by molar-refractivity contribution is -0.256. The van der Waals surface area contributed by atoms with Gasteiger partial charge in [-0.2, -0.15) is 0 Å². The van der Waals surface area contributed by atoms with E-state index in [1.165, 1.54) is 0 Å². The van der Waals surface area contributed by atoms with Gasteiger partial charge in [-0.25, -0.2) is 14.7 Å². The molecule has 0 spiro atoms. The van der Waals surface area contributed by atoms with Crippen LogP contribution in [0.2, 0.25) is 0 Å². The van der Waals surface area contributed by atoms with Gasteiger partial charge >= 0.3 is 12.1 Å². The van der Waals surface area contributed by atoms with Crippen LogP contribution in [0, 0.1) is 0 Å². The molecule has 0 radical (unpaired) electrons. The zero-order valence-electron chi connectivity index (χ0n) is 12.3. The summed E-state index contributed by atoms with van der Waals surface area (Å²) in [6.45, 7) is 5.86. The number of hydrogen-bond acceptors (Lipinski definition) is 6. The summed E-state index contributed by atoms with van der Waals surface area (Å²) >= 11 is 0. The summed E-state index contributed by atoms with van der Waals surface area (Å²) in [6.07, 6.45) is -2.27. The number of β-lactam (4-membered cyclic amide) rings is 1. The molecule has 0 aromatic carbocycles. The number of aliphatic carboxylic acids is 1. The number of carbonyl (C=O) groups excluding carboxylic acids is 2. The molecule has 21 heavy (non-hydrogen) atoms. The van der Waals surface area contributed by atoms with Gasteiger partial charge in [-0.05, 0) is 27.7 Å². The Labute approximate surface area is 121 Å². The molecule has 1 fully saturated rings. The molecule has 0 bridgehead atoms. The average molecular weight is 304 g/mol. The first-order chi connectivity index (χ1) is 9.56. The maximum atomic E-state index is 11.8. The molecule has 0 aliphatic carbocycles. The molecule has 1 aliphatic heterocycles. The van der Waals surface area contributed by atoms with Crippen molar-refractivity contribution >= 4 is 18.0 Å². The summed E-state index contributed by atoms with van der Waals surface area (Å²) in [5.41, 5.74) is -0.693. The van der Waals surface area contributed by atoms with Crippen molar-refractivity contribution in [2.45, 2.75) is 51.5 Å². The van der Waals surface area contributed by atoms with Crippen molar-refractivity contribution in [3.63, 3.8) is 0 Å². The zero-order valence-corrected chi connectivity index (χ0v) is 12.3. The summed E-state index contributed by atoms with van der Waals surface area (Å²) < 4.78 is 5.02. The molecule has 1 rings (SSSR count). The molecular formula is C12H20N2O7. The first-order valence-corrected chi connectivity index (χ1v) is 6.40. The van der Waals surface area contributed by atoms with Crippen molar-refractivity contribution in [2.75, 3.05) is 6.61 Å². The normalized spacial score (nSPS) is 23.3. The van der Waals surface area contributed by atoms with Crippen LogP contribution < -0.4 is 5.32 Å². The second-order valence-corrected chi connectivity index (χ2v) is 5.64. The Balaban J connectivity index is 2.54. The third-order valence-corrected chi connectivity index (χ3v) is 2.69. The number of carboxylic acids is 1. The standard InChI is InChI=1S/C12H20N2O7/c1-6-8(13-11(19)20-12(2,3)4)9(16)14(6)21-7(5-15)10(17)18/h6-8,15H,5H2,1-4H3,(H,13,19)(H,17,18). The van der Waals surface area contributed by atoms with E-state index in [0.29, 0.717) is 0 Å². The van der Waals surface area contributed by atoms with E-state index in [1.807, 2.05) is 0 Å². The quantitative estimate of drug-likeness (QED) is 0.584. The fourth-order valence-electron chi connectivity index (χ4n) is 1.66. The summed E-state index contributed by atoms with van der Waals surface area (Å²) in [5.74, 6) is -1.99. The van der Waals surface area contributed by atoms with Crippen LogP contribution in [0.15, 0.2) is 0 Å². The van der Waals surface area contributed by atoms with Crippen molar-refractivity contribution in [3.8, 4) is 0 Å². The Bertz CT molecular complexity index is 432. The smallest absolute Gasteiger partial charge is 0.408 e. The minimum atomic E-state index is -1.53. The Morgan fingerprint density at radius 1 is 1.43 bits per heavy atom. The van der Waals surface area contributed by atoms with Crippen LogP contribution in [0.4, 0.5) is 4.79 Å². The number of nitrogens with zero attached hydrogens (tertiary/aromatic N) is 1. The molecule has 1 aliphatic rings. The van der Waals surface area contributed by atoms with Gasteiger partial charge in [0.1, 0.15) is 11.6 Å². The molecule has 0 aromatic heterocycles. The van der Waals surface area contributed by atoms with Crippen LogP contribution in [0.25, 0.3) is 0 Å². The van der Waals surface area contributed by atoms with Crippen molar-refractivity contribution in [1.29, 1.82) is 0 Å². The molecule has 3 atom stereocenters. The third-order valence-electron chi connectivity index (χ3n) is 2.69. The van der Waals surface area contributed by atoms with Crippen LogP contribution >= 0.6 is 0 Å². The van der Waals surface area contributed by atoms with Gasteiger partial charge in [-0.15, -0.1) is 0 Å². The van der Waals surface area contributed by atoms with E-state index in [4.69, 9.17) is 19.8 Å². The second kappa shape index (κ2) is 6.27. The highest BCUT2D eigenvalue weighted by atomic mass is 16.7. The number of ether oxygens (including phenoxy) is 1. The van der Waals surface area contributed by atoms with Gasteiger partial charge < -0.3 is 20.3 Å². The van der Waals surface area contributed by atoms with Crippen molar-refractivity contribution in [1.82, 2.24) is 10.4 Å². The molecule has 2 amide bonds. The highest BCUT2D eigenvalue weighted by molar-refractivity contribution is 5.91. The summed E-state index contributed by atoms with van der Waals surface area (Å²) in [4.78, 5) is 39.0. The highest BCUT2D eigenvalue weighted by Crippen LogP contribution is 2.22. The van der Waals surface area contributed by atoms with Crippen molar-refractivity contribution < 1.29 is 34.2 Å². The first-order valence-electron chi connectivity index (χ1n) is 6.40. The number of aliphatic hydroxyl groups is 1. The largest absolute Gasteiger partial charge is 0.479 e. The fourth-order valence-corrected chi connectivity index (χ4v) is 1.66. The van der Waals surface area contributed by atoms with E-state index in [2.05, 4.69) is 5.32 Å². The lowest BCUT2D eigenvalue weighted by Crippen LogP contribution is -2.70. The molecule has 3 N–H and O–H groups in total. The lowest BCUT2D eigenvalue weighted by atomic mass is 10.0. The van der Waals surface area contributed by atoms with E-state index in [1.54, 1.807) is 27.7 Å². The predicted octanol–water partition coefficient (Wildman–Crippen LogP) is -0.512. The van der Waals surface area contributed by atoms with E-state index in [9.17, 15) is 14.4 Å². The van der Waals surface area contributed by atoms with Crippen LogP contribution in [-0.2, 0) is 19.2 Å². The van der Waals surface area contributed by atoms with E-state index < -0.39 is 48.4 Å². The summed E-state index contributed by atoms with van der Waals surface area (Å²) in [6, 6.07) is -1.42. The Morgan fingerprint density at radius 3 is 2.38 bits per heavy atom. The van der Waals surface area contributed by atoms with Gasteiger partial charge in [-0.3, -0.25) is 9.63 Å². The van der Waals surface area contributed by atoms with Gasteiger partial charge in [0.25, 0.3) is 5.91 Å². The number of rotatable bonds is 5. The monoisotopic (exact) mass is 304 g/mol. The number of hydrogen-bond donors (Lipinski definition) is 3. The first kappa shape index (κ1) is 17.2. The molecule has 1 saturated heterocycles. The number of carbonyl (C=O) groups is 3. The van der Waals surface area contributed by atoms with Gasteiger partial charge in [0.2, 0.25) is 6.10 Å². The topological polar surface area (TPSA) is 125 Å². The maximum absolute atomic E-state index is 11.8. The molecule has 1 heterocycles. The Kier molecular flexibility index (Phi) is 5.13. The lowest BCUT2D eigenvalue weighted by Gasteiger charge is -2.44. The fraction of sp³-hybridized carbons (Fsp3) is 0.750. The maximum Gasteiger partial charge on any atom is 0.408 e. The molecule has 0 aromatic rings. The number of hydroxylamine groups is 2.